The fraction of sp³-hybridized carbons (Fsp3) is 0.500. The van der Waals surface area contributed by atoms with Crippen LogP contribution < -0.4 is 0 Å². The molecule has 0 aromatic heterocycles. The van der Waals surface area contributed by atoms with Crippen molar-refractivity contribution in [2.75, 3.05) is 14.2 Å². The third-order valence-electron chi connectivity index (χ3n) is 2.28. The summed E-state index contributed by atoms with van der Waals surface area (Å²) in [5.74, 6) is -0.621. The van der Waals surface area contributed by atoms with Crippen LogP contribution in [0.1, 0.15) is 26.7 Å². The normalized spacial score (nSPS) is 12.2. The standard InChI is InChI=1S/C12H18O4/c1-9(5-7-11(13)15-3)10(2)6-8-12(14)16-4/h5,7H,6,8H2,1-4H3/b7-5+,10-9-. The molecule has 0 fully saturated rings. The highest BCUT2D eigenvalue weighted by Gasteiger charge is 2.02. The van der Waals surface area contributed by atoms with Crippen LogP contribution in [-0.2, 0) is 19.1 Å². The van der Waals surface area contributed by atoms with E-state index in [1.807, 2.05) is 13.8 Å². The first-order chi connectivity index (χ1) is 7.51. The minimum atomic E-state index is -0.389. The maximum absolute atomic E-state index is 10.9. The van der Waals surface area contributed by atoms with E-state index < -0.39 is 0 Å². The molecule has 0 spiro atoms. The smallest absolute Gasteiger partial charge is 0.330 e. The van der Waals surface area contributed by atoms with Crippen molar-refractivity contribution in [1.82, 2.24) is 0 Å². The highest BCUT2D eigenvalue weighted by molar-refractivity contribution is 5.82. The van der Waals surface area contributed by atoms with Gasteiger partial charge in [-0.1, -0.05) is 17.2 Å². The second-order valence-corrected chi connectivity index (χ2v) is 3.40. The number of esters is 2. The van der Waals surface area contributed by atoms with Crippen LogP contribution in [0.2, 0.25) is 0 Å². The Morgan fingerprint density at radius 3 is 2.12 bits per heavy atom. The number of carbonyl (C=O) groups is 2. The highest BCUT2D eigenvalue weighted by atomic mass is 16.5. The maximum atomic E-state index is 10.9. The average Bonchev–Trinajstić information content (AvgIpc) is 2.31. The molecular weight excluding hydrogens is 208 g/mol. The third-order valence-corrected chi connectivity index (χ3v) is 2.28. The Morgan fingerprint density at radius 1 is 1.00 bits per heavy atom. The number of hydrogen-bond acceptors (Lipinski definition) is 4. The number of ether oxygens (including phenoxy) is 2. The fourth-order valence-electron chi connectivity index (χ4n) is 0.992. The minimum absolute atomic E-state index is 0.232. The van der Waals surface area contributed by atoms with Crippen LogP contribution in [-0.4, -0.2) is 26.2 Å². The molecule has 4 heteroatoms. The van der Waals surface area contributed by atoms with Crippen LogP contribution in [0.25, 0.3) is 0 Å². The molecule has 0 unspecified atom stereocenters. The SMILES string of the molecule is COC(=O)/C=C/C(C)=C(/C)CCC(=O)OC. The zero-order valence-electron chi connectivity index (χ0n) is 10.2. The quantitative estimate of drug-likeness (QED) is 0.409. The average molecular weight is 226 g/mol. The van der Waals surface area contributed by atoms with Gasteiger partial charge < -0.3 is 9.47 Å². The van der Waals surface area contributed by atoms with Crippen molar-refractivity contribution in [3.05, 3.63) is 23.3 Å². The van der Waals surface area contributed by atoms with Crippen LogP contribution >= 0.6 is 0 Å². The molecule has 0 aromatic rings. The van der Waals surface area contributed by atoms with Gasteiger partial charge in [0.2, 0.25) is 0 Å². The predicted octanol–water partition coefficient (Wildman–Crippen LogP) is 2.01. The van der Waals surface area contributed by atoms with Crippen molar-refractivity contribution < 1.29 is 19.1 Å². The summed E-state index contributed by atoms with van der Waals surface area (Å²) in [6.07, 6.45) is 4.02. The first kappa shape index (κ1) is 14.4. The number of hydrogen-bond donors (Lipinski definition) is 0. The van der Waals surface area contributed by atoms with Crippen molar-refractivity contribution in [3.8, 4) is 0 Å². The molecule has 0 saturated carbocycles. The van der Waals surface area contributed by atoms with Gasteiger partial charge in [-0.2, -0.15) is 0 Å². The summed E-state index contributed by atoms with van der Waals surface area (Å²) in [4.78, 5) is 21.8. The van der Waals surface area contributed by atoms with Gasteiger partial charge in [0, 0.05) is 12.5 Å². The van der Waals surface area contributed by atoms with Crippen LogP contribution in [0, 0.1) is 0 Å². The molecule has 0 heterocycles. The van der Waals surface area contributed by atoms with E-state index in [9.17, 15) is 9.59 Å². The largest absolute Gasteiger partial charge is 0.469 e. The van der Waals surface area contributed by atoms with Crippen LogP contribution in [0.15, 0.2) is 23.3 Å². The number of methoxy groups -OCH3 is 2. The van der Waals surface area contributed by atoms with Crippen molar-refractivity contribution >= 4 is 11.9 Å². The minimum Gasteiger partial charge on any atom is -0.469 e. The molecule has 0 amide bonds. The summed E-state index contributed by atoms with van der Waals surface area (Å²) in [7, 11) is 2.70. The van der Waals surface area contributed by atoms with Gasteiger partial charge >= 0.3 is 11.9 Å². The molecule has 0 aliphatic rings. The second-order valence-electron chi connectivity index (χ2n) is 3.40. The first-order valence-corrected chi connectivity index (χ1v) is 5.00. The topological polar surface area (TPSA) is 52.6 Å². The molecule has 0 saturated heterocycles. The molecule has 16 heavy (non-hydrogen) atoms. The molecule has 0 aromatic carbocycles. The summed E-state index contributed by atoms with van der Waals surface area (Å²) >= 11 is 0. The summed E-state index contributed by atoms with van der Waals surface area (Å²) in [5.41, 5.74) is 2.00. The molecule has 0 atom stereocenters. The monoisotopic (exact) mass is 226 g/mol. The van der Waals surface area contributed by atoms with Crippen molar-refractivity contribution in [1.29, 1.82) is 0 Å². The predicted molar refractivity (Wildman–Crippen MR) is 60.8 cm³/mol. The third kappa shape index (κ3) is 6.01. The summed E-state index contributed by atoms with van der Waals surface area (Å²) in [6.45, 7) is 3.80. The zero-order valence-corrected chi connectivity index (χ0v) is 10.2. The Labute approximate surface area is 95.9 Å². The molecular formula is C12H18O4. The lowest BCUT2D eigenvalue weighted by Crippen LogP contribution is -2.00. The van der Waals surface area contributed by atoms with E-state index in [1.165, 1.54) is 20.3 Å². The summed E-state index contributed by atoms with van der Waals surface area (Å²) < 4.78 is 9.02. The van der Waals surface area contributed by atoms with E-state index in [-0.39, 0.29) is 11.9 Å². The number of allylic oxidation sites excluding steroid dienone is 3. The van der Waals surface area contributed by atoms with Gasteiger partial charge in [0.1, 0.15) is 0 Å². The first-order valence-electron chi connectivity index (χ1n) is 5.00. The highest BCUT2D eigenvalue weighted by Crippen LogP contribution is 2.11. The Kier molecular flexibility index (Phi) is 6.92. The van der Waals surface area contributed by atoms with Gasteiger partial charge in [-0.3, -0.25) is 4.79 Å². The van der Waals surface area contributed by atoms with Crippen molar-refractivity contribution in [2.24, 2.45) is 0 Å². The van der Waals surface area contributed by atoms with Gasteiger partial charge in [0.15, 0.2) is 0 Å². The summed E-state index contributed by atoms with van der Waals surface area (Å²) in [6, 6.07) is 0. The number of carbonyl (C=O) groups excluding carboxylic acids is 2. The lowest BCUT2D eigenvalue weighted by atomic mass is 10.1. The molecule has 0 rings (SSSR count). The summed E-state index contributed by atoms with van der Waals surface area (Å²) in [5, 5.41) is 0. The number of rotatable bonds is 5. The fourth-order valence-corrected chi connectivity index (χ4v) is 0.992. The van der Waals surface area contributed by atoms with Gasteiger partial charge in [-0.25, -0.2) is 4.79 Å². The van der Waals surface area contributed by atoms with Gasteiger partial charge in [-0.15, -0.1) is 0 Å². The van der Waals surface area contributed by atoms with E-state index in [4.69, 9.17) is 0 Å². The Hall–Kier alpha value is -1.58. The Balaban J connectivity index is 4.30. The van der Waals surface area contributed by atoms with Gasteiger partial charge in [0.25, 0.3) is 0 Å². The van der Waals surface area contributed by atoms with E-state index in [2.05, 4.69) is 9.47 Å². The van der Waals surface area contributed by atoms with E-state index in [1.54, 1.807) is 6.08 Å². The Morgan fingerprint density at radius 2 is 1.62 bits per heavy atom. The molecule has 0 bridgehead atoms. The Bertz CT molecular complexity index is 313. The lowest BCUT2D eigenvalue weighted by Gasteiger charge is -2.03. The van der Waals surface area contributed by atoms with Crippen LogP contribution in [0.4, 0.5) is 0 Å². The van der Waals surface area contributed by atoms with Crippen molar-refractivity contribution in [3.63, 3.8) is 0 Å². The van der Waals surface area contributed by atoms with Gasteiger partial charge in [-0.05, 0) is 20.3 Å². The van der Waals surface area contributed by atoms with E-state index >= 15 is 0 Å². The molecule has 0 aliphatic carbocycles. The van der Waals surface area contributed by atoms with Gasteiger partial charge in [0.05, 0.1) is 14.2 Å². The molecule has 0 radical (unpaired) electrons. The van der Waals surface area contributed by atoms with Crippen molar-refractivity contribution in [2.45, 2.75) is 26.7 Å². The molecule has 4 nitrogen and oxygen atoms in total. The second kappa shape index (κ2) is 7.68. The molecule has 0 N–H and O–H groups in total. The lowest BCUT2D eigenvalue weighted by molar-refractivity contribution is -0.140. The zero-order chi connectivity index (χ0) is 12.6. The van der Waals surface area contributed by atoms with Crippen LogP contribution in [0.5, 0.6) is 0 Å². The van der Waals surface area contributed by atoms with E-state index in [0.29, 0.717) is 12.8 Å². The van der Waals surface area contributed by atoms with Crippen LogP contribution in [0.3, 0.4) is 0 Å². The maximum Gasteiger partial charge on any atom is 0.330 e. The molecule has 0 aliphatic heterocycles. The van der Waals surface area contributed by atoms with E-state index in [0.717, 1.165) is 11.1 Å². The molecule has 90 valence electrons.